The van der Waals surface area contributed by atoms with E-state index < -0.39 is 11.5 Å². The van der Waals surface area contributed by atoms with Crippen LogP contribution in [0.1, 0.15) is 40.5 Å². The Hall–Kier alpha value is -0.830. The fourth-order valence-electron chi connectivity index (χ4n) is 1.36. The molecule has 1 unspecified atom stereocenters. The zero-order valence-electron chi connectivity index (χ0n) is 10.8. The maximum atomic E-state index is 11.6. The van der Waals surface area contributed by atoms with E-state index in [2.05, 4.69) is 6.58 Å². The average molecular weight is 228 g/mol. The molecule has 0 rings (SSSR count). The lowest BCUT2D eigenvalue weighted by Gasteiger charge is -2.24. The molecule has 94 valence electrons. The largest absolute Gasteiger partial charge is 0.466 e. The van der Waals surface area contributed by atoms with Crippen molar-refractivity contribution in [3.8, 4) is 0 Å². The van der Waals surface area contributed by atoms with E-state index >= 15 is 0 Å². The van der Waals surface area contributed by atoms with E-state index in [9.17, 15) is 9.90 Å². The zero-order valence-corrected chi connectivity index (χ0v) is 10.8. The molecule has 0 amide bonds. The second-order valence-corrected chi connectivity index (χ2v) is 4.81. The lowest BCUT2D eigenvalue weighted by molar-refractivity contribution is -0.154. The van der Waals surface area contributed by atoms with E-state index in [1.165, 1.54) is 0 Å². The van der Waals surface area contributed by atoms with Crippen molar-refractivity contribution in [2.24, 2.45) is 11.3 Å². The molecule has 3 heteroatoms. The van der Waals surface area contributed by atoms with Gasteiger partial charge in [-0.15, -0.1) is 6.58 Å². The van der Waals surface area contributed by atoms with Crippen molar-refractivity contribution >= 4 is 5.97 Å². The highest BCUT2D eigenvalue weighted by atomic mass is 16.5. The Labute approximate surface area is 98.5 Å². The van der Waals surface area contributed by atoms with Crippen molar-refractivity contribution < 1.29 is 14.6 Å². The van der Waals surface area contributed by atoms with Crippen molar-refractivity contribution in [1.82, 2.24) is 0 Å². The number of aliphatic hydroxyl groups excluding tert-OH is 1. The highest BCUT2D eigenvalue weighted by molar-refractivity contribution is 5.75. The second kappa shape index (κ2) is 6.69. The molecule has 2 atom stereocenters. The monoisotopic (exact) mass is 228 g/mol. The molecular formula is C13H24O3. The van der Waals surface area contributed by atoms with Crippen LogP contribution in [-0.2, 0) is 9.53 Å². The molecule has 0 spiro atoms. The summed E-state index contributed by atoms with van der Waals surface area (Å²) in [4.78, 5) is 11.6. The van der Waals surface area contributed by atoms with Crippen molar-refractivity contribution in [1.29, 1.82) is 0 Å². The third-order valence-corrected chi connectivity index (χ3v) is 2.87. The molecule has 0 aromatic heterocycles. The highest BCUT2D eigenvalue weighted by Gasteiger charge is 2.30. The van der Waals surface area contributed by atoms with Gasteiger partial charge in [-0.2, -0.15) is 0 Å². The Bertz CT molecular complexity index is 233. The Kier molecular flexibility index (Phi) is 6.34. The molecule has 0 heterocycles. The van der Waals surface area contributed by atoms with Crippen LogP contribution in [0.3, 0.4) is 0 Å². The normalized spacial score (nSPS) is 15.3. The number of rotatable bonds is 7. The third-order valence-electron chi connectivity index (χ3n) is 2.87. The Balaban J connectivity index is 4.17. The summed E-state index contributed by atoms with van der Waals surface area (Å²) in [6.07, 6.45) is 2.48. The third kappa shape index (κ3) is 4.79. The SMILES string of the molecule is C=C[C@H](C)C(O)CCC(C)(C)C(=O)OCC. The van der Waals surface area contributed by atoms with Gasteiger partial charge in [-0.3, -0.25) is 4.79 Å². The minimum absolute atomic E-state index is 0.0537. The minimum atomic E-state index is -0.530. The molecule has 0 radical (unpaired) electrons. The number of hydrogen-bond acceptors (Lipinski definition) is 3. The predicted octanol–water partition coefficient (Wildman–Crippen LogP) is 2.54. The Morgan fingerprint density at radius 1 is 1.56 bits per heavy atom. The van der Waals surface area contributed by atoms with Gasteiger partial charge in [-0.1, -0.05) is 13.0 Å². The number of hydrogen-bond donors (Lipinski definition) is 1. The summed E-state index contributed by atoms with van der Waals surface area (Å²) in [5.41, 5.74) is -0.530. The highest BCUT2D eigenvalue weighted by Crippen LogP contribution is 2.26. The number of carbonyl (C=O) groups is 1. The quantitative estimate of drug-likeness (QED) is 0.538. The summed E-state index contributed by atoms with van der Waals surface area (Å²) >= 11 is 0. The predicted molar refractivity (Wildman–Crippen MR) is 65.0 cm³/mol. The van der Waals surface area contributed by atoms with E-state index in [-0.39, 0.29) is 11.9 Å². The summed E-state index contributed by atoms with van der Waals surface area (Å²) in [6.45, 7) is 11.4. The molecule has 0 aromatic carbocycles. The molecule has 0 saturated heterocycles. The van der Waals surface area contributed by atoms with Crippen molar-refractivity contribution in [3.05, 3.63) is 12.7 Å². The van der Waals surface area contributed by atoms with E-state index in [4.69, 9.17) is 4.74 Å². The molecule has 0 aliphatic rings. The van der Waals surface area contributed by atoms with Crippen LogP contribution in [0.25, 0.3) is 0 Å². The Morgan fingerprint density at radius 2 is 2.12 bits per heavy atom. The molecule has 0 aliphatic carbocycles. The van der Waals surface area contributed by atoms with E-state index in [1.54, 1.807) is 13.0 Å². The van der Waals surface area contributed by atoms with Crippen LogP contribution >= 0.6 is 0 Å². The van der Waals surface area contributed by atoms with Crippen LogP contribution < -0.4 is 0 Å². The summed E-state index contributed by atoms with van der Waals surface area (Å²) in [7, 11) is 0. The molecule has 3 nitrogen and oxygen atoms in total. The van der Waals surface area contributed by atoms with Gasteiger partial charge in [-0.25, -0.2) is 0 Å². The van der Waals surface area contributed by atoms with Gasteiger partial charge < -0.3 is 9.84 Å². The van der Waals surface area contributed by atoms with Crippen LogP contribution in [0.5, 0.6) is 0 Å². The first-order valence-corrected chi connectivity index (χ1v) is 5.83. The van der Waals surface area contributed by atoms with Crippen LogP contribution in [0.4, 0.5) is 0 Å². The number of carbonyl (C=O) groups excluding carboxylic acids is 1. The van der Waals surface area contributed by atoms with Gasteiger partial charge in [0.1, 0.15) is 0 Å². The first-order chi connectivity index (χ1) is 7.35. The van der Waals surface area contributed by atoms with Gasteiger partial charge >= 0.3 is 5.97 Å². The maximum Gasteiger partial charge on any atom is 0.311 e. The second-order valence-electron chi connectivity index (χ2n) is 4.81. The van der Waals surface area contributed by atoms with Gasteiger partial charge in [0, 0.05) is 0 Å². The van der Waals surface area contributed by atoms with Gasteiger partial charge in [-0.05, 0) is 39.5 Å². The van der Waals surface area contributed by atoms with Crippen molar-refractivity contribution in [2.75, 3.05) is 6.61 Å². The lowest BCUT2D eigenvalue weighted by atomic mass is 9.85. The fourth-order valence-corrected chi connectivity index (χ4v) is 1.36. The summed E-state index contributed by atoms with van der Waals surface area (Å²) in [5.74, 6) is -0.147. The first-order valence-electron chi connectivity index (χ1n) is 5.83. The van der Waals surface area contributed by atoms with Crippen LogP contribution in [-0.4, -0.2) is 23.8 Å². The lowest BCUT2D eigenvalue weighted by Crippen LogP contribution is -2.29. The van der Waals surface area contributed by atoms with Gasteiger partial charge in [0.05, 0.1) is 18.1 Å². The van der Waals surface area contributed by atoms with Crippen molar-refractivity contribution in [2.45, 2.75) is 46.6 Å². The van der Waals surface area contributed by atoms with Gasteiger partial charge in [0.15, 0.2) is 0 Å². The summed E-state index contributed by atoms with van der Waals surface area (Å²) in [6, 6.07) is 0. The van der Waals surface area contributed by atoms with Crippen LogP contribution in [0.15, 0.2) is 12.7 Å². The number of ether oxygens (including phenoxy) is 1. The van der Waals surface area contributed by atoms with Crippen LogP contribution in [0, 0.1) is 11.3 Å². The molecule has 0 aliphatic heterocycles. The first kappa shape index (κ1) is 15.2. The summed E-state index contributed by atoms with van der Waals surface area (Å²) < 4.78 is 4.99. The molecule has 0 fully saturated rings. The fraction of sp³-hybridized carbons (Fsp3) is 0.769. The smallest absolute Gasteiger partial charge is 0.311 e. The molecular weight excluding hydrogens is 204 g/mol. The van der Waals surface area contributed by atoms with Gasteiger partial charge in [0.25, 0.3) is 0 Å². The molecule has 0 aromatic rings. The topological polar surface area (TPSA) is 46.5 Å². The number of esters is 1. The molecule has 1 N–H and O–H groups in total. The average Bonchev–Trinajstić information content (AvgIpc) is 2.25. The van der Waals surface area contributed by atoms with E-state index in [1.807, 2.05) is 20.8 Å². The standard InChI is InChI=1S/C13H24O3/c1-6-10(3)11(14)8-9-13(4,5)12(15)16-7-2/h6,10-11,14H,1,7-9H2,2-5H3/t10-,11?/m0/s1. The van der Waals surface area contributed by atoms with Crippen LogP contribution in [0.2, 0.25) is 0 Å². The maximum absolute atomic E-state index is 11.6. The molecule has 0 bridgehead atoms. The molecule has 0 saturated carbocycles. The summed E-state index contributed by atoms with van der Waals surface area (Å²) in [5, 5.41) is 9.77. The van der Waals surface area contributed by atoms with E-state index in [0.717, 1.165) is 0 Å². The number of aliphatic hydroxyl groups is 1. The van der Waals surface area contributed by atoms with E-state index in [0.29, 0.717) is 19.4 Å². The zero-order chi connectivity index (χ0) is 12.8. The molecule has 16 heavy (non-hydrogen) atoms. The van der Waals surface area contributed by atoms with Crippen molar-refractivity contribution in [3.63, 3.8) is 0 Å². The minimum Gasteiger partial charge on any atom is -0.466 e. The Morgan fingerprint density at radius 3 is 2.56 bits per heavy atom. The van der Waals surface area contributed by atoms with Gasteiger partial charge in [0.2, 0.25) is 0 Å².